The van der Waals surface area contributed by atoms with Gasteiger partial charge in [-0.3, -0.25) is 4.99 Å². The number of rotatable bonds is 10. The maximum atomic E-state index is 5.58. The molecule has 2 unspecified atom stereocenters. The molecule has 5 nitrogen and oxygen atoms in total. The summed E-state index contributed by atoms with van der Waals surface area (Å²) in [5.41, 5.74) is 0.107. The van der Waals surface area contributed by atoms with Crippen LogP contribution in [0.3, 0.4) is 0 Å². The maximum absolute atomic E-state index is 5.58. The van der Waals surface area contributed by atoms with E-state index in [1.54, 1.807) is 7.11 Å². The molecule has 6 heteroatoms. The van der Waals surface area contributed by atoms with Gasteiger partial charge < -0.3 is 20.3 Å². The van der Waals surface area contributed by atoms with E-state index in [-0.39, 0.29) is 35.5 Å². The van der Waals surface area contributed by atoms with Crippen molar-refractivity contribution in [3.05, 3.63) is 0 Å². The van der Waals surface area contributed by atoms with Gasteiger partial charge in [-0.1, -0.05) is 34.6 Å². The quantitative estimate of drug-likeness (QED) is 0.301. The van der Waals surface area contributed by atoms with Crippen molar-refractivity contribution in [3.63, 3.8) is 0 Å². The van der Waals surface area contributed by atoms with Crippen LogP contribution in [0.5, 0.6) is 0 Å². The van der Waals surface area contributed by atoms with E-state index < -0.39 is 0 Å². The molecule has 2 N–H and O–H groups in total. The molecular formula is C18H41IN4O. The van der Waals surface area contributed by atoms with E-state index in [9.17, 15) is 0 Å². The highest BCUT2D eigenvalue weighted by Gasteiger charge is 2.24. The van der Waals surface area contributed by atoms with Crippen molar-refractivity contribution < 1.29 is 4.74 Å². The molecule has 0 fully saturated rings. The fourth-order valence-electron chi connectivity index (χ4n) is 2.59. The van der Waals surface area contributed by atoms with E-state index in [0.717, 1.165) is 32.0 Å². The number of methoxy groups -OCH3 is 1. The lowest BCUT2D eigenvalue weighted by atomic mass is 9.89. The Labute approximate surface area is 167 Å². The second-order valence-corrected chi connectivity index (χ2v) is 7.26. The Morgan fingerprint density at radius 2 is 1.79 bits per heavy atom. The van der Waals surface area contributed by atoms with Gasteiger partial charge in [-0.15, -0.1) is 24.0 Å². The monoisotopic (exact) mass is 456 g/mol. The Hall–Kier alpha value is -0.0800. The zero-order chi connectivity index (χ0) is 17.9. The highest BCUT2D eigenvalue weighted by Crippen LogP contribution is 2.20. The van der Waals surface area contributed by atoms with Crippen LogP contribution in [-0.4, -0.2) is 63.3 Å². The van der Waals surface area contributed by atoms with Crippen molar-refractivity contribution in [2.45, 2.75) is 66.5 Å². The first-order valence-electron chi connectivity index (χ1n) is 9.00. The summed E-state index contributed by atoms with van der Waals surface area (Å²) in [5, 5.41) is 6.86. The first-order chi connectivity index (χ1) is 10.8. The molecule has 0 heterocycles. The molecular weight excluding hydrogens is 415 g/mol. The van der Waals surface area contributed by atoms with Crippen molar-refractivity contribution >= 4 is 29.9 Å². The summed E-state index contributed by atoms with van der Waals surface area (Å²) in [4.78, 5) is 6.78. The summed E-state index contributed by atoms with van der Waals surface area (Å²) in [6, 6.07) is 0.410. The van der Waals surface area contributed by atoms with Crippen LogP contribution in [0, 0.1) is 5.41 Å². The van der Waals surface area contributed by atoms with Crippen LogP contribution in [-0.2, 0) is 4.74 Å². The van der Waals surface area contributed by atoms with Crippen LogP contribution >= 0.6 is 24.0 Å². The van der Waals surface area contributed by atoms with E-state index in [1.165, 1.54) is 13.0 Å². The van der Waals surface area contributed by atoms with Crippen molar-refractivity contribution in [2.24, 2.45) is 10.4 Å². The highest BCUT2D eigenvalue weighted by molar-refractivity contribution is 14.0. The van der Waals surface area contributed by atoms with Gasteiger partial charge in [0.15, 0.2) is 5.96 Å². The highest BCUT2D eigenvalue weighted by atomic mass is 127. The molecule has 24 heavy (non-hydrogen) atoms. The Bertz CT molecular complexity index is 327. The van der Waals surface area contributed by atoms with Gasteiger partial charge in [0.1, 0.15) is 0 Å². The van der Waals surface area contributed by atoms with Gasteiger partial charge >= 0.3 is 0 Å². The number of hydrogen-bond donors (Lipinski definition) is 2. The standard InChI is InChI=1S/C18H40N4O.HI/c1-9-22(10-2)13-11-12-15(3)21-17(19-7)20-14-16(23-8)18(4,5)6;/h15-16H,9-14H2,1-8H3,(H2,19,20,21);1H. The average Bonchev–Trinajstić information content (AvgIpc) is 2.49. The number of nitrogens with one attached hydrogen (secondary N) is 2. The second kappa shape index (κ2) is 14.1. The lowest BCUT2D eigenvalue weighted by Crippen LogP contribution is -2.47. The SMILES string of the molecule is CCN(CC)CCCC(C)NC(=NC)NCC(OC)C(C)(C)C.I. The van der Waals surface area contributed by atoms with Crippen LogP contribution in [0.25, 0.3) is 0 Å². The summed E-state index contributed by atoms with van der Waals surface area (Å²) in [6.07, 6.45) is 2.50. The first-order valence-corrected chi connectivity index (χ1v) is 9.00. The largest absolute Gasteiger partial charge is 0.379 e. The van der Waals surface area contributed by atoms with Gasteiger partial charge in [0.2, 0.25) is 0 Å². The molecule has 0 aliphatic carbocycles. The smallest absolute Gasteiger partial charge is 0.191 e. The predicted octanol–water partition coefficient (Wildman–Crippen LogP) is 3.34. The Kier molecular flexibility index (Phi) is 15.4. The van der Waals surface area contributed by atoms with Crippen LogP contribution in [0.15, 0.2) is 4.99 Å². The molecule has 146 valence electrons. The summed E-state index contributed by atoms with van der Waals surface area (Å²) in [7, 11) is 3.58. The number of ether oxygens (including phenoxy) is 1. The van der Waals surface area contributed by atoms with Crippen LogP contribution in [0.4, 0.5) is 0 Å². The zero-order valence-corrected chi connectivity index (χ0v) is 19.4. The minimum atomic E-state index is 0. The molecule has 0 aromatic rings. The number of hydrogen-bond acceptors (Lipinski definition) is 3. The summed E-state index contributed by atoms with van der Waals surface area (Å²) >= 11 is 0. The molecule has 0 aromatic heterocycles. The van der Waals surface area contributed by atoms with Gasteiger partial charge in [-0.25, -0.2) is 0 Å². The Balaban J connectivity index is 0. The van der Waals surface area contributed by atoms with E-state index in [4.69, 9.17) is 4.74 Å². The maximum Gasteiger partial charge on any atom is 0.191 e. The topological polar surface area (TPSA) is 48.9 Å². The molecule has 0 spiro atoms. The lowest BCUT2D eigenvalue weighted by Gasteiger charge is -2.30. The van der Waals surface area contributed by atoms with Crippen LogP contribution in [0.2, 0.25) is 0 Å². The van der Waals surface area contributed by atoms with Crippen molar-refractivity contribution in [1.82, 2.24) is 15.5 Å². The number of halogens is 1. The summed E-state index contributed by atoms with van der Waals surface area (Å²) < 4.78 is 5.58. The first kappa shape index (κ1) is 26.2. The van der Waals surface area contributed by atoms with Gasteiger partial charge in [0.05, 0.1) is 6.10 Å². The molecule has 0 saturated carbocycles. The zero-order valence-electron chi connectivity index (χ0n) is 17.1. The van der Waals surface area contributed by atoms with E-state index >= 15 is 0 Å². The fourth-order valence-corrected chi connectivity index (χ4v) is 2.59. The van der Waals surface area contributed by atoms with Crippen molar-refractivity contribution in [1.29, 1.82) is 0 Å². The molecule has 0 aliphatic heterocycles. The van der Waals surface area contributed by atoms with Crippen LogP contribution in [0.1, 0.15) is 54.4 Å². The number of guanidine groups is 1. The van der Waals surface area contributed by atoms with E-state index in [0.29, 0.717) is 6.04 Å². The Morgan fingerprint density at radius 3 is 2.21 bits per heavy atom. The third-order valence-electron chi connectivity index (χ3n) is 4.32. The van der Waals surface area contributed by atoms with Gasteiger partial charge in [0, 0.05) is 26.7 Å². The molecule has 0 aromatic carbocycles. The van der Waals surface area contributed by atoms with Crippen molar-refractivity contribution in [3.8, 4) is 0 Å². The molecule has 0 radical (unpaired) electrons. The normalized spacial score (nSPS) is 15.0. The number of aliphatic imine (C=N–C) groups is 1. The number of nitrogens with zero attached hydrogens (tertiary/aromatic N) is 2. The van der Waals surface area contributed by atoms with Crippen LogP contribution < -0.4 is 10.6 Å². The molecule has 0 bridgehead atoms. The minimum Gasteiger partial charge on any atom is -0.379 e. The third kappa shape index (κ3) is 11.5. The van der Waals surface area contributed by atoms with Gasteiger partial charge in [-0.2, -0.15) is 0 Å². The molecule has 0 amide bonds. The molecule has 2 atom stereocenters. The second-order valence-electron chi connectivity index (χ2n) is 7.26. The lowest BCUT2D eigenvalue weighted by molar-refractivity contribution is 0.0205. The van der Waals surface area contributed by atoms with E-state index in [2.05, 4.69) is 62.1 Å². The average molecular weight is 456 g/mol. The third-order valence-corrected chi connectivity index (χ3v) is 4.32. The summed E-state index contributed by atoms with van der Waals surface area (Å²) in [6.45, 7) is 17.4. The van der Waals surface area contributed by atoms with Crippen molar-refractivity contribution in [2.75, 3.05) is 40.3 Å². The molecule has 0 saturated heterocycles. The van der Waals surface area contributed by atoms with Gasteiger partial charge in [-0.05, 0) is 44.8 Å². The summed E-state index contributed by atoms with van der Waals surface area (Å²) in [5.74, 6) is 0.853. The molecule has 0 aliphatic rings. The minimum absolute atomic E-state index is 0. The van der Waals surface area contributed by atoms with Gasteiger partial charge in [0.25, 0.3) is 0 Å². The predicted molar refractivity (Wildman–Crippen MR) is 117 cm³/mol. The Morgan fingerprint density at radius 1 is 1.21 bits per heavy atom. The van der Waals surface area contributed by atoms with E-state index in [1.807, 2.05) is 7.05 Å². The molecule has 0 rings (SSSR count). The fraction of sp³-hybridized carbons (Fsp3) is 0.944.